The zero-order valence-corrected chi connectivity index (χ0v) is 19.3. The van der Waals surface area contributed by atoms with Gasteiger partial charge in [0.2, 0.25) is 0 Å². The molecule has 0 aliphatic rings. The molecule has 0 saturated carbocycles. The first kappa shape index (κ1) is 24.7. The highest BCUT2D eigenvalue weighted by atomic mass is 35.5. The van der Waals surface area contributed by atoms with Gasteiger partial charge >= 0.3 is 0 Å². The number of benzene rings is 2. The van der Waals surface area contributed by atoms with Crippen molar-refractivity contribution in [2.75, 3.05) is 6.61 Å². The summed E-state index contributed by atoms with van der Waals surface area (Å²) in [5.74, 6) is -0.259. The van der Waals surface area contributed by atoms with E-state index in [4.69, 9.17) is 27.9 Å². The number of carbonyl (C=O) groups excluding carboxylic acids is 2. The number of nitrogens with one attached hydrogen (secondary N) is 2. The number of ether oxygens (including phenoxy) is 1. The van der Waals surface area contributed by atoms with Crippen molar-refractivity contribution in [1.82, 2.24) is 10.7 Å². The van der Waals surface area contributed by atoms with E-state index < -0.39 is 17.9 Å². The third-order valence-corrected chi connectivity index (χ3v) is 4.99. The Morgan fingerprint density at radius 3 is 2.45 bits per heavy atom. The highest BCUT2D eigenvalue weighted by Gasteiger charge is 2.25. The Balaban J connectivity index is 1.95. The number of halogens is 2. The number of unbranched alkanes of at least 4 members (excludes halogenated alkanes) is 1. The average Bonchev–Trinajstić information content (AvgIpc) is 2.72. The summed E-state index contributed by atoms with van der Waals surface area (Å²) in [5.41, 5.74) is 3.53. The molecule has 1 atom stereocenters. The summed E-state index contributed by atoms with van der Waals surface area (Å²) in [6.45, 7) is 6.45. The van der Waals surface area contributed by atoms with Crippen molar-refractivity contribution in [2.45, 2.75) is 39.7 Å². The average molecular weight is 464 g/mol. The fraction of sp³-hybridized carbons (Fsp3) is 0.348. The quantitative estimate of drug-likeness (QED) is 0.293. The molecule has 0 heterocycles. The van der Waals surface area contributed by atoms with Gasteiger partial charge < -0.3 is 10.1 Å². The standard InChI is InChI=1S/C23H27Cl2N3O3/c1-4-5-12-31-18-9-6-16(7-10-18)14-26-28-23(30)21(15(2)3)27-22(29)19-11-8-17(24)13-20(19)25/h6-11,13-15,21H,4-5,12H2,1-3H3,(H,27,29)(H,28,30). The maximum atomic E-state index is 12.6. The molecule has 0 aliphatic carbocycles. The van der Waals surface area contributed by atoms with Crippen LogP contribution in [0.5, 0.6) is 5.75 Å². The Labute approximate surface area is 193 Å². The summed E-state index contributed by atoms with van der Waals surface area (Å²) in [6, 6.07) is 11.2. The van der Waals surface area contributed by atoms with Crippen LogP contribution in [0.2, 0.25) is 10.0 Å². The number of hydrazone groups is 1. The molecule has 0 aliphatic heterocycles. The van der Waals surface area contributed by atoms with Crippen LogP contribution in [0.15, 0.2) is 47.6 Å². The normalized spacial score (nSPS) is 12.1. The van der Waals surface area contributed by atoms with Gasteiger partial charge in [-0.1, -0.05) is 50.4 Å². The molecule has 0 radical (unpaired) electrons. The largest absolute Gasteiger partial charge is 0.494 e. The van der Waals surface area contributed by atoms with E-state index >= 15 is 0 Å². The van der Waals surface area contributed by atoms with Crippen LogP contribution in [0.25, 0.3) is 0 Å². The molecule has 0 bridgehead atoms. The molecule has 0 fully saturated rings. The Bertz CT molecular complexity index is 915. The van der Waals surface area contributed by atoms with E-state index in [1.165, 1.54) is 18.3 Å². The minimum atomic E-state index is -0.786. The molecular formula is C23H27Cl2N3O3. The van der Waals surface area contributed by atoms with Crippen LogP contribution >= 0.6 is 23.2 Å². The van der Waals surface area contributed by atoms with Gasteiger partial charge in [-0.25, -0.2) is 5.43 Å². The number of rotatable bonds is 10. The lowest BCUT2D eigenvalue weighted by Crippen LogP contribution is -2.48. The Kier molecular flexibility index (Phi) is 9.82. The topological polar surface area (TPSA) is 79.8 Å². The number of carbonyl (C=O) groups is 2. The lowest BCUT2D eigenvalue weighted by molar-refractivity contribution is -0.123. The number of amides is 2. The van der Waals surface area contributed by atoms with Crippen molar-refractivity contribution in [3.63, 3.8) is 0 Å². The predicted molar refractivity (Wildman–Crippen MR) is 125 cm³/mol. The molecule has 2 rings (SSSR count). The summed E-state index contributed by atoms with van der Waals surface area (Å²) >= 11 is 12.0. The zero-order valence-electron chi connectivity index (χ0n) is 17.8. The van der Waals surface area contributed by atoms with Crippen molar-refractivity contribution >= 4 is 41.2 Å². The monoisotopic (exact) mass is 463 g/mol. The van der Waals surface area contributed by atoms with Crippen molar-refractivity contribution in [1.29, 1.82) is 0 Å². The Hall–Kier alpha value is -2.57. The summed E-state index contributed by atoms with van der Waals surface area (Å²) in [4.78, 5) is 25.1. The first-order chi connectivity index (χ1) is 14.8. The van der Waals surface area contributed by atoms with Crippen LogP contribution in [0.1, 0.15) is 49.5 Å². The molecule has 2 amide bonds. The predicted octanol–water partition coefficient (Wildman–Crippen LogP) is 5.08. The number of hydrogen-bond acceptors (Lipinski definition) is 4. The van der Waals surface area contributed by atoms with Gasteiger partial charge in [0.05, 0.1) is 23.4 Å². The first-order valence-corrected chi connectivity index (χ1v) is 10.9. The molecule has 6 nitrogen and oxygen atoms in total. The van der Waals surface area contributed by atoms with Gasteiger partial charge in [0.15, 0.2) is 0 Å². The molecule has 8 heteroatoms. The maximum Gasteiger partial charge on any atom is 0.262 e. The molecule has 0 spiro atoms. The van der Waals surface area contributed by atoms with Gasteiger partial charge in [-0.05, 0) is 60.4 Å². The van der Waals surface area contributed by atoms with E-state index in [0.717, 1.165) is 24.2 Å². The van der Waals surface area contributed by atoms with E-state index in [0.29, 0.717) is 11.6 Å². The van der Waals surface area contributed by atoms with Crippen molar-refractivity contribution < 1.29 is 14.3 Å². The van der Waals surface area contributed by atoms with Gasteiger partial charge in [-0.15, -0.1) is 0 Å². The van der Waals surface area contributed by atoms with Crippen molar-refractivity contribution in [3.05, 3.63) is 63.6 Å². The van der Waals surface area contributed by atoms with E-state index in [1.54, 1.807) is 6.07 Å². The Morgan fingerprint density at radius 2 is 1.84 bits per heavy atom. The molecule has 166 valence electrons. The smallest absolute Gasteiger partial charge is 0.262 e. The summed E-state index contributed by atoms with van der Waals surface area (Å²) in [5, 5.41) is 7.34. The number of hydrogen-bond donors (Lipinski definition) is 2. The Morgan fingerprint density at radius 1 is 1.13 bits per heavy atom. The molecule has 2 N–H and O–H groups in total. The highest BCUT2D eigenvalue weighted by Crippen LogP contribution is 2.21. The van der Waals surface area contributed by atoms with E-state index in [1.807, 2.05) is 38.1 Å². The van der Waals surface area contributed by atoms with Gasteiger partial charge in [0, 0.05) is 5.02 Å². The third kappa shape index (κ3) is 7.89. The van der Waals surface area contributed by atoms with Crippen LogP contribution in [-0.2, 0) is 4.79 Å². The van der Waals surface area contributed by atoms with Crippen LogP contribution in [-0.4, -0.2) is 30.7 Å². The number of nitrogens with zero attached hydrogens (tertiary/aromatic N) is 1. The fourth-order valence-corrected chi connectivity index (χ4v) is 3.15. The lowest BCUT2D eigenvalue weighted by Gasteiger charge is -2.20. The van der Waals surface area contributed by atoms with Gasteiger partial charge in [0.25, 0.3) is 11.8 Å². The summed E-state index contributed by atoms with van der Waals surface area (Å²) in [6.07, 6.45) is 3.62. The van der Waals surface area contributed by atoms with Crippen LogP contribution in [0, 0.1) is 5.92 Å². The van der Waals surface area contributed by atoms with Gasteiger partial charge in [-0.2, -0.15) is 5.10 Å². The van der Waals surface area contributed by atoms with E-state index in [2.05, 4.69) is 22.8 Å². The summed E-state index contributed by atoms with van der Waals surface area (Å²) in [7, 11) is 0. The maximum absolute atomic E-state index is 12.6. The van der Waals surface area contributed by atoms with Crippen LogP contribution in [0.4, 0.5) is 0 Å². The fourth-order valence-electron chi connectivity index (χ4n) is 2.65. The van der Waals surface area contributed by atoms with Gasteiger partial charge in [0.1, 0.15) is 11.8 Å². The molecule has 2 aromatic rings. The second-order valence-electron chi connectivity index (χ2n) is 7.32. The highest BCUT2D eigenvalue weighted by molar-refractivity contribution is 6.36. The molecule has 0 aromatic heterocycles. The van der Waals surface area contributed by atoms with Crippen LogP contribution in [0.3, 0.4) is 0 Å². The van der Waals surface area contributed by atoms with E-state index in [9.17, 15) is 9.59 Å². The van der Waals surface area contributed by atoms with E-state index in [-0.39, 0.29) is 16.5 Å². The third-order valence-electron chi connectivity index (χ3n) is 4.45. The van der Waals surface area contributed by atoms with Gasteiger partial charge in [-0.3, -0.25) is 9.59 Å². The molecule has 2 aromatic carbocycles. The zero-order chi connectivity index (χ0) is 22.8. The molecular weight excluding hydrogens is 437 g/mol. The molecule has 1 unspecified atom stereocenters. The van der Waals surface area contributed by atoms with Crippen molar-refractivity contribution in [3.8, 4) is 5.75 Å². The molecule has 0 saturated heterocycles. The SMILES string of the molecule is CCCCOc1ccc(C=NNC(=O)C(NC(=O)c2ccc(Cl)cc2Cl)C(C)C)cc1. The molecule has 31 heavy (non-hydrogen) atoms. The summed E-state index contributed by atoms with van der Waals surface area (Å²) < 4.78 is 5.62. The second kappa shape index (κ2) is 12.3. The minimum absolute atomic E-state index is 0.162. The lowest BCUT2D eigenvalue weighted by atomic mass is 10.0. The first-order valence-electron chi connectivity index (χ1n) is 10.1. The minimum Gasteiger partial charge on any atom is -0.494 e. The van der Waals surface area contributed by atoms with Crippen LogP contribution < -0.4 is 15.5 Å². The van der Waals surface area contributed by atoms with Crippen molar-refractivity contribution in [2.24, 2.45) is 11.0 Å². The second-order valence-corrected chi connectivity index (χ2v) is 8.17.